The molecule has 2 aromatic rings. The van der Waals surface area contributed by atoms with Crippen LogP contribution in [0.5, 0.6) is 0 Å². The minimum atomic E-state index is -0.215. The van der Waals surface area contributed by atoms with Crippen LogP contribution in [0.2, 0.25) is 5.02 Å². The molecule has 6 heteroatoms. The number of nitrogens with zero attached hydrogens (tertiary/aromatic N) is 3. The molecule has 0 bridgehead atoms. The first-order valence-corrected chi connectivity index (χ1v) is 6.44. The summed E-state index contributed by atoms with van der Waals surface area (Å²) < 4.78 is 0. The Labute approximate surface area is 122 Å². The molecule has 0 unspecified atom stereocenters. The van der Waals surface area contributed by atoms with Crippen molar-refractivity contribution in [3.05, 3.63) is 52.4 Å². The highest BCUT2D eigenvalue weighted by atomic mass is 35.5. The Morgan fingerprint density at radius 2 is 2.20 bits per heavy atom. The van der Waals surface area contributed by atoms with Gasteiger partial charge in [-0.3, -0.25) is 9.78 Å². The monoisotopic (exact) mass is 290 g/mol. The second-order valence-corrected chi connectivity index (χ2v) is 4.93. The van der Waals surface area contributed by atoms with E-state index in [0.29, 0.717) is 12.1 Å². The number of pyridine rings is 2. The number of carbonyl (C=O) groups is 1. The maximum atomic E-state index is 12.3. The molecular formula is C14H15ClN4O. The third-order valence-electron chi connectivity index (χ3n) is 2.80. The molecule has 0 fully saturated rings. The molecule has 0 aliphatic rings. The van der Waals surface area contributed by atoms with Crippen molar-refractivity contribution >= 4 is 23.3 Å². The largest absolute Gasteiger partial charge is 0.384 e. The Bertz CT molecular complexity index is 645. The van der Waals surface area contributed by atoms with E-state index in [2.05, 4.69) is 9.97 Å². The predicted molar refractivity (Wildman–Crippen MR) is 78.4 cm³/mol. The number of hydrogen-bond acceptors (Lipinski definition) is 4. The zero-order valence-electron chi connectivity index (χ0n) is 11.3. The van der Waals surface area contributed by atoms with Crippen LogP contribution in [-0.4, -0.2) is 27.8 Å². The highest BCUT2D eigenvalue weighted by Crippen LogP contribution is 2.18. The van der Waals surface area contributed by atoms with Gasteiger partial charge in [0, 0.05) is 18.9 Å². The van der Waals surface area contributed by atoms with Crippen LogP contribution >= 0.6 is 11.6 Å². The fourth-order valence-corrected chi connectivity index (χ4v) is 2.01. The summed E-state index contributed by atoms with van der Waals surface area (Å²) in [6.45, 7) is 2.31. The molecule has 0 aromatic carbocycles. The minimum Gasteiger partial charge on any atom is -0.384 e. The van der Waals surface area contributed by atoms with E-state index < -0.39 is 0 Å². The van der Waals surface area contributed by atoms with E-state index in [9.17, 15) is 4.79 Å². The van der Waals surface area contributed by atoms with Crippen LogP contribution in [0.1, 0.15) is 21.7 Å². The number of rotatable bonds is 3. The Morgan fingerprint density at radius 3 is 2.90 bits per heavy atom. The average molecular weight is 291 g/mol. The van der Waals surface area contributed by atoms with Gasteiger partial charge in [-0.2, -0.15) is 0 Å². The van der Waals surface area contributed by atoms with Gasteiger partial charge in [0.1, 0.15) is 5.82 Å². The molecular weight excluding hydrogens is 276 g/mol. The Morgan fingerprint density at radius 1 is 1.45 bits per heavy atom. The third-order valence-corrected chi connectivity index (χ3v) is 3.10. The standard InChI is InChI=1S/C14H15ClN4O/c1-9-4-3-5-10(18-9)8-19(2)14(20)11-6-13(16)17-7-12(11)15/h3-7H,8H2,1-2H3,(H2,16,17). The normalized spacial score (nSPS) is 10.3. The van der Waals surface area contributed by atoms with Gasteiger partial charge in [-0.25, -0.2) is 4.98 Å². The van der Waals surface area contributed by atoms with E-state index in [-0.39, 0.29) is 16.7 Å². The average Bonchev–Trinajstić information content (AvgIpc) is 2.40. The van der Waals surface area contributed by atoms with Crippen LogP contribution in [0, 0.1) is 6.92 Å². The van der Waals surface area contributed by atoms with Crippen molar-refractivity contribution in [1.29, 1.82) is 0 Å². The van der Waals surface area contributed by atoms with Crippen LogP contribution in [0.3, 0.4) is 0 Å². The molecule has 2 N–H and O–H groups in total. The summed E-state index contributed by atoms with van der Waals surface area (Å²) in [4.78, 5) is 22.1. The van der Waals surface area contributed by atoms with E-state index in [0.717, 1.165) is 11.4 Å². The van der Waals surface area contributed by atoms with Gasteiger partial charge >= 0.3 is 0 Å². The van der Waals surface area contributed by atoms with Gasteiger partial charge in [-0.15, -0.1) is 0 Å². The molecule has 2 heterocycles. The molecule has 0 atom stereocenters. The fraction of sp³-hybridized carbons (Fsp3) is 0.214. The van der Waals surface area contributed by atoms with E-state index in [1.165, 1.54) is 12.3 Å². The first-order chi connectivity index (χ1) is 9.47. The van der Waals surface area contributed by atoms with Crippen molar-refractivity contribution in [2.75, 3.05) is 12.8 Å². The lowest BCUT2D eigenvalue weighted by atomic mass is 10.2. The maximum Gasteiger partial charge on any atom is 0.255 e. The lowest BCUT2D eigenvalue weighted by molar-refractivity contribution is 0.0783. The summed E-state index contributed by atoms with van der Waals surface area (Å²) in [5.41, 5.74) is 7.66. The molecule has 2 rings (SSSR count). The van der Waals surface area contributed by atoms with Crippen molar-refractivity contribution in [2.24, 2.45) is 0 Å². The van der Waals surface area contributed by atoms with E-state index in [1.807, 2.05) is 25.1 Å². The van der Waals surface area contributed by atoms with Crippen molar-refractivity contribution in [3.63, 3.8) is 0 Å². The number of aryl methyl sites for hydroxylation is 1. The number of anilines is 1. The van der Waals surface area contributed by atoms with E-state index >= 15 is 0 Å². The highest BCUT2D eigenvalue weighted by molar-refractivity contribution is 6.33. The fourth-order valence-electron chi connectivity index (χ4n) is 1.83. The molecule has 1 amide bonds. The molecule has 2 aromatic heterocycles. The summed E-state index contributed by atoms with van der Waals surface area (Å²) in [7, 11) is 1.69. The van der Waals surface area contributed by atoms with Crippen molar-refractivity contribution in [2.45, 2.75) is 13.5 Å². The summed E-state index contributed by atoms with van der Waals surface area (Å²) >= 11 is 5.98. The van der Waals surface area contributed by atoms with Gasteiger partial charge < -0.3 is 10.6 Å². The lowest BCUT2D eigenvalue weighted by Crippen LogP contribution is -2.27. The number of nitrogen functional groups attached to an aromatic ring is 1. The maximum absolute atomic E-state index is 12.3. The molecule has 20 heavy (non-hydrogen) atoms. The first kappa shape index (κ1) is 14.3. The van der Waals surface area contributed by atoms with E-state index in [1.54, 1.807) is 11.9 Å². The van der Waals surface area contributed by atoms with Gasteiger partial charge in [-0.1, -0.05) is 17.7 Å². The number of carbonyl (C=O) groups excluding carboxylic acids is 1. The number of halogens is 1. The molecule has 5 nitrogen and oxygen atoms in total. The van der Waals surface area contributed by atoms with Gasteiger partial charge in [0.05, 0.1) is 22.8 Å². The van der Waals surface area contributed by atoms with E-state index in [4.69, 9.17) is 17.3 Å². The number of hydrogen-bond donors (Lipinski definition) is 1. The zero-order chi connectivity index (χ0) is 14.7. The quantitative estimate of drug-likeness (QED) is 0.941. The topological polar surface area (TPSA) is 72.1 Å². The molecule has 0 saturated heterocycles. The van der Waals surface area contributed by atoms with Crippen LogP contribution in [0.15, 0.2) is 30.5 Å². The number of amides is 1. The third kappa shape index (κ3) is 3.24. The number of aromatic nitrogens is 2. The number of nitrogens with two attached hydrogens (primary N) is 1. The SMILES string of the molecule is Cc1cccc(CN(C)C(=O)c2cc(N)ncc2Cl)n1. The van der Waals surface area contributed by atoms with Gasteiger partial charge in [0.25, 0.3) is 5.91 Å². The predicted octanol–water partition coefficient (Wildman–Crippen LogP) is 2.29. The van der Waals surface area contributed by atoms with Gasteiger partial charge in [0.15, 0.2) is 0 Å². The van der Waals surface area contributed by atoms with Crippen LogP contribution in [0.25, 0.3) is 0 Å². The highest BCUT2D eigenvalue weighted by Gasteiger charge is 2.16. The summed E-state index contributed by atoms with van der Waals surface area (Å²) in [6.07, 6.45) is 1.38. The second-order valence-electron chi connectivity index (χ2n) is 4.52. The zero-order valence-corrected chi connectivity index (χ0v) is 12.1. The summed E-state index contributed by atoms with van der Waals surface area (Å²) in [5, 5.41) is 0.285. The molecule has 0 saturated carbocycles. The van der Waals surface area contributed by atoms with Crippen molar-refractivity contribution < 1.29 is 4.79 Å². The molecule has 0 radical (unpaired) electrons. The minimum absolute atomic E-state index is 0.215. The smallest absolute Gasteiger partial charge is 0.255 e. The van der Waals surface area contributed by atoms with Gasteiger partial charge in [0.2, 0.25) is 0 Å². The molecule has 0 spiro atoms. The Kier molecular flexibility index (Phi) is 4.20. The molecule has 0 aliphatic heterocycles. The van der Waals surface area contributed by atoms with Gasteiger partial charge in [-0.05, 0) is 25.1 Å². The van der Waals surface area contributed by atoms with Crippen LogP contribution in [0.4, 0.5) is 5.82 Å². The van der Waals surface area contributed by atoms with Crippen LogP contribution < -0.4 is 5.73 Å². The van der Waals surface area contributed by atoms with Crippen molar-refractivity contribution in [3.8, 4) is 0 Å². The van der Waals surface area contributed by atoms with Crippen LogP contribution in [-0.2, 0) is 6.54 Å². The second kappa shape index (κ2) is 5.88. The summed E-state index contributed by atoms with van der Waals surface area (Å²) in [6, 6.07) is 7.17. The lowest BCUT2D eigenvalue weighted by Gasteiger charge is -2.17. The Hall–Kier alpha value is -2.14. The Balaban J connectivity index is 2.18. The van der Waals surface area contributed by atoms with Crippen molar-refractivity contribution in [1.82, 2.24) is 14.9 Å². The molecule has 0 aliphatic carbocycles. The molecule has 104 valence electrons. The first-order valence-electron chi connectivity index (χ1n) is 6.06. The summed E-state index contributed by atoms with van der Waals surface area (Å²) in [5.74, 6) is 0.0484.